The lowest BCUT2D eigenvalue weighted by atomic mass is 10.1. The molecule has 204 valence electrons. The molecule has 0 saturated carbocycles. The third-order valence-electron chi connectivity index (χ3n) is 6.03. The molecule has 0 unspecified atom stereocenters. The zero-order valence-electron chi connectivity index (χ0n) is 21.9. The summed E-state index contributed by atoms with van der Waals surface area (Å²) in [5, 5.41) is 9.32. The number of hydrogen-bond donors (Lipinski definition) is 2. The number of aryl methyl sites for hydroxylation is 1. The van der Waals surface area contributed by atoms with Gasteiger partial charge in [0.05, 0.1) is 25.0 Å². The number of carbonyl (C=O) groups is 2. The van der Waals surface area contributed by atoms with Crippen LogP contribution in [0.15, 0.2) is 79.1 Å². The van der Waals surface area contributed by atoms with E-state index in [9.17, 15) is 14.0 Å². The quantitative estimate of drug-likeness (QED) is 0.299. The standard InChI is InChI=1S/C28H27FN8O3/c1-35-18-23(25(29)34-35)32-27-30-15-20-17-36(16-19-8-4-3-5-9-19)28(39)37(26(20)33-27)22-11-6-10-21(14-22)31-24(38)12-7-13-40-2/h3-12,14-15,18H,13,16-17H2,1-2H3,(H,31,38)(H,30,32,33)/b12-7+. The molecule has 1 aliphatic rings. The Balaban J connectivity index is 1.50. The Kier molecular flexibility index (Phi) is 7.78. The van der Waals surface area contributed by atoms with Crippen molar-refractivity contribution in [3.8, 4) is 0 Å². The van der Waals surface area contributed by atoms with Crippen LogP contribution in [0, 0.1) is 5.95 Å². The van der Waals surface area contributed by atoms with E-state index >= 15 is 0 Å². The van der Waals surface area contributed by atoms with Gasteiger partial charge in [-0.2, -0.15) is 9.37 Å². The molecule has 3 amide bonds. The molecule has 11 nitrogen and oxygen atoms in total. The number of amides is 3. The van der Waals surface area contributed by atoms with Crippen LogP contribution in [0.5, 0.6) is 0 Å². The fraction of sp³-hybridized carbons (Fsp3) is 0.179. The number of fused-ring (bicyclic) bond motifs is 1. The van der Waals surface area contributed by atoms with E-state index < -0.39 is 5.95 Å². The van der Waals surface area contributed by atoms with E-state index in [1.54, 1.807) is 48.5 Å². The fourth-order valence-electron chi connectivity index (χ4n) is 4.25. The lowest BCUT2D eigenvalue weighted by Crippen LogP contribution is -2.45. The van der Waals surface area contributed by atoms with Crippen LogP contribution in [0.2, 0.25) is 0 Å². The lowest BCUT2D eigenvalue weighted by molar-refractivity contribution is -0.111. The van der Waals surface area contributed by atoms with Gasteiger partial charge in [-0.25, -0.2) is 14.7 Å². The molecule has 0 saturated heterocycles. The number of halogens is 1. The van der Waals surface area contributed by atoms with Gasteiger partial charge in [0, 0.05) is 44.2 Å². The first-order chi connectivity index (χ1) is 19.4. The minimum Gasteiger partial charge on any atom is -0.381 e. The zero-order valence-corrected chi connectivity index (χ0v) is 21.9. The van der Waals surface area contributed by atoms with Gasteiger partial charge >= 0.3 is 6.03 Å². The average Bonchev–Trinajstić information content (AvgIpc) is 3.26. The molecule has 2 aromatic heterocycles. The minimum atomic E-state index is -0.700. The predicted molar refractivity (Wildman–Crippen MR) is 148 cm³/mol. The zero-order chi connectivity index (χ0) is 28.1. The Labute approximate surface area is 229 Å². The van der Waals surface area contributed by atoms with Crippen LogP contribution in [-0.2, 0) is 29.7 Å². The van der Waals surface area contributed by atoms with Crippen LogP contribution in [0.3, 0.4) is 0 Å². The van der Waals surface area contributed by atoms with Gasteiger partial charge in [0.25, 0.3) is 5.95 Å². The minimum absolute atomic E-state index is 0.104. The summed E-state index contributed by atoms with van der Waals surface area (Å²) in [6.07, 6.45) is 6.06. The molecular formula is C28H27FN8O3. The van der Waals surface area contributed by atoms with Crippen molar-refractivity contribution in [2.45, 2.75) is 13.1 Å². The van der Waals surface area contributed by atoms with Crippen molar-refractivity contribution in [3.63, 3.8) is 0 Å². The van der Waals surface area contributed by atoms with Crippen LogP contribution < -0.4 is 15.5 Å². The summed E-state index contributed by atoms with van der Waals surface area (Å²) in [6, 6.07) is 16.2. The molecule has 0 spiro atoms. The lowest BCUT2D eigenvalue weighted by Gasteiger charge is -2.36. The number of methoxy groups -OCH3 is 1. The molecule has 5 rings (SSSR count). The van der Waals surface area contributed by atoms with E-state index in [1.165, 1.54) is 29.0 Å². The van der Waals surface area contributed by atoms with Gasteiger partial charge in [-0.3, -0.25) is 9.48 Å². The maximum Gasteiger partial charge on any atom is 0.330 e. The molecule has 3 heterocycles. The number of aromatic nitrogens is 4. The molecule has 0 atom stereocenters. The smallest absolute Gasteiger partial charge is 0.330 e. The number of rotatable bonds is 9. The molecule has 2 aromatic carbocycles. The van der Waals surface area contributed by atoms with Crippen molar-refractivity contribution in [2.75, 3.05) is 29.3 Å². The van der Waals surface area contributed by atoms with Gasteiger partial charge in [-0.05, 0) is 23.8 Å². The maximum absolute atomic E-state index is 14.2. The van der Waals surface area contributed by atoms with Crippen LogP contribution >= 0.6 is 0 Å². The first kappa shape index (κ1) is 26.5. The molecule has 40 heavy (non-hydrogen) atoms. The summed E-state index contributed by atoms with van der Waals surface area (Å²) in [4.78, 5) is 38.3. The van der Waals surface area contributed by atoms with Crippen molar-refractivity contribution in [2.24, 2.45) is 7.05 Å². The summed E-state index contributed by atoms with van der Waals surface area (Å²) in [5.41, 5.74) is 2.75. The Morgan fingerprint density at radius 2 is 2.00 bits per heavy atom. The number of urea groups is 1. The highest BCUT2D eigenvalue weighted by Gasteiger charge is 2.33. The molecule has 2 N–H and O–H groups in total. The number of benzene rings is 2. The van der Waals surface area contributed by atoms with Crippen molar-refractivity contribution in [1.29, 1.82) is 0 Å². The van der Waals surface area contributed by atoms with Gasteiger partial charge in [-0.15, -0.1) is 5.10 Å². The van der Waals surface area contributed by atoms with Gasteiger partial charge in [0.15, 0.2) is 5.82 Å². The van der Waals surface area contributed by atoms with Crippen molar-refractivity contribution < 1.29 is 18.7 Å². The monoisotopic (exact) mass is 542 g/mol. The van der Waals surface area contributed by atoms with Gasteiger partial charge in [0.2, 0.25) is 11.9 Å². The number of anilines is 5. The van der Waals surface area contributed by atoms with Crippen molar-refractivity contribution in [1.82, 2.24) is 24.6 Å². The van der Waals surface area contributed by atoms with Crippen LogP contribution in [0.25, 0.3) is 0 Å². The molecule has 4 aromatic rings. The van der Waals surface area contributed by atoms with Crippen molar-refractivity contribution in [3.05, 3.63) is 96.2 Å². The average molecular weight is 543 g/mol. The second-order valence-electron chi connectivity index (χ2n) is 9.03. The highest BCUT2D eigenvalue weighted by Crippen LogP contribution is 2.36. The Hall–Kier alpha value is -5.10. The highest BCUT2D eigenvalue weighted by atomic mass is 19.1. The molecule has 1 aliphatic heterocycles. The molecule has 0 radical (unpaired) electrons. The molecule has 12 heteroatoms. The third-order valence-corrected chi connectivity index (χ3v) is 6.03. The van der Waals surface area contributed by atoms with Crippen LogP contribution in [0.1, 0.15) is 11.1 Å². The largest absolute Gasteiger partial charge is 0.381 e. The summed E-state index contributed by atoms with van der Waals surface area (Å²) < 4.78 is 20.4. The normalized spacial score (nSPS) is 13.0. The van der Waals surface area contributed by atoms with E-state index in [2.05, 4.69) is 25.7 Å². The SMILES string of the molecule is COC/C=C/C(=O)Nc1cccc(N2C(=O)N(Cc3ccccc3)Cc3cnc(Nc4cn(C)nc4F)nc32)c1. The topological polar surface area (TPSA) is 118 Å². The maximum atomic E-state index is 14.2. The van der Waals surface area contributed by atoms with E-state index in [0.29, 0.717) is 35.9 Å². The number of nitrogens with one attached hydrogen (secondary N) is 2. The van der Waals surface area contributed by atoms with E-state index in [0.717, 1.165) is 5.56 Å². The Bertz CT molecular complexity index is 1560. The highest BCUT2D eigenvalue weighted by molar-refractivity contribution is 6.03. The molecule has 0 bridgehead atoms. The number of nitrogens with zero attached hydrogens (tertiary/aromatic N) is 6. The van der Waals surface area contributed by atoms with E-state index in [-0.39, 0.29) is 30.1 Å². The van der Waals surface area contributed by atoms with Crippen molar-refractivity contribution >= 4 is 40.8 Å². The van der Waals surface area contributed by atoms with Crippen LogP contribution in [-0.4, -0.2) is 50.3 Å². The predicted octanol–water partition coefficient (Wildman–Crippen LogP) is 4.51. The Morgan fingerprint density at radius 3 is 2.75 bits per heavy atom. The molecule has 0 aliphatic carbocycles. The van der Waals surface area contributed by atoms with Gasteiger partial charge < -0.3 is 20.3 Å². The third kappa shape index (κ3) is 5.97. The Morgan fingerprint density at radius 1 is 1.18 bits per heavy atom. The summed E-state index contributed by atoms with van der Waals surface area (Å²) in [6.45, 7) is 0.960. The van der Waals surface area contributed by atoms with Gasteiger partial charge in [-0.1, -0.05) is 42.5 Å². The number of ether oxygens (including phenoxy) is 1. The summed E-state index contributed by atoms with van der Waals surface area (Å²) in [5.74, 6) is -0.585. The second-order valence-corrected chi connectivity index (χ2v) is 9.03. The second kappa shape index (κ2) is 11.7. The fourth-order valence-corrected chi connectivity index (χ4v) is 4.25. The van der Waals surface area contributed by atoms with E-state index in [4.69, 9.17) is 4.74 Å². The molecule has 0 fully saturated rings. The summed E-state index contributed by atoms with van der Waals surface area (Å²) >= 11 is 0. The molecular weight excluding hydrogens is 515 g/mol. The van der Waals surface area contributed by atoms with Crippen LogP contribution in [0.4, 0.5) is 38.0 Å². The number of carbonyl (C=O) groups excluding carboxylic acids is 2. The first-order valence-electron chi connectivity index (χ1n) is 12.4. The summed E-state index contributed by atoms with van der Waals surface area (Å²) in [7, 11) is 3.14. The van der Waals surface area contributed by atoms with Gasteiger partial charge in [0.1, 0.15) is 5.69 Å². The number of hydrogen-bond acceptors (Lipinski definition) is 7. The van der Waals surface area contributed by atoms with E-state index in [1.807, 2.05) is 30.3 Å². The first-order valence-corrected chi connectivity index (χ1v) is 12.4.